The first kappa shape index (κ1) is 8.53. The van der Waals surface area contributed by atoms with Crippen molar-refractivity contribution in [1.29, 1.82) is 0 Å². The molecule has 1 aliphatic heterocycles. The predicted molar refractivity (Wildman–Crippen MR) is 44.3 cm³/mol. The highest BCUT2D eigenvalue weighted by molar-refractivity contribution is 5.77. The Balaban J connectivity index is 2.54. The molecule has 64 valence electrons. The molecule has 3 heteroatoms. The molecule has 2 atom stereocenters. The Morgan fingerprint density at radius 3 is 2.73 bits per heavy atom. The van der Waals surface area contributed by atoms with Crippen LogP contribution in [0, 0.1) is 0 Å². The Bertz CT molecular complexity index is 158. The van der Waals surface area contributed by atoms with Crippen LogP contribution in [0.3, 0.4) is 0 Å². The van der Waals surface area contributed by atoms with Gasteiger partial charge in [-0.2, -0.15) is 0 Å². The normalized spacial score (nSPS) is 32.6. The van der Waals surface area contributed by atoms with Crippen molar-refractivity contribution < 1.29 is 4.79 Å². The van der Waals surface area contributed by atoms with Crippen molar-refractivity contribution in [1.82, 2.24) is 10.2 Å². The summed E-state index contributed by atoms with van der Waals surface area (Å²) in [6, 6.07) is 0.766. The second-order valence-electron chi connectivity index (χ2n) is 3.28. The van der Waals surface area contributed by atoms with Gasteiger partial charge in [0.15, 0.2) is 0 Å². The second kappa shape index (κ2) is 3.22. The van der Waals surface area contributed by atoms with Gasteiger partial charge in [0, 0.05) is 25.6 Å². The number of likely N-dealkylation sites (tertiary alicyclic amines) is 1. The van der Waals surface area contributed by atoms with Crippen LogP contribution in [-0.2, 0) is 4.79 Å². The van der Waals surface area contributed by atoms with Crippen LogP contribution in [0.2, 0.25) is 0 Å². The molecule has 0 aromatic carbocycles. The zero-order valence-electron chi connectivity index (χ0n) is 7.42. The number of carbonyl (C=O) groups excluding carboxylic acids is 1. The maximum Gasteiger partial charge on any atom is 0.224 e. The van der Waals surface area contributed by atoms with Gasteiger partial charge in [0.1, 0.15) is 0 Å². The lowest BCUT2D eigenvalue weighted by Gasteiger charge is -2.34. The molecule has 1 saturated heterocycles. The molecule has 1 fully saturated rings. The number of nitrogens with one attached hydrogen (secondary N) is 1. The quantitative estimate of drug-likeness (QED) is 0.589. The van der Waals surface area contributed by atoms with Crippen LogP contribution in [0.5, 0.6) is 0 Å². The number of amides is 1. The van der Waals surface area contributed by atoms with Crippen LogP contribution < -0.4 is 5.32 Å². The first-order valence-electron chi connectivity index (χ1n) is 4.08. The Morgan fingerprint density at radius 2 is 2.27 bits per heavy atom. The van der Waals surface area contributed by atoms with E-state index in [1.807, 2.05) is 19.0 Å². The van der Waals surface area contributed by atoms with E-state index in [1.165, 1.54) is 0 Å². The maximum atomic E-state index is 11.3. The van der Waals surface area contributed by atoms with Gasteiger partial charge in [-0.1, -0.05) is 0 Å². The molecule has 3 nitrogen and oxygen atoms in total. The minimum absolute atomic E-state index is 0.253. The summed E-state index contributed by atoms with van der Waals surface area (Å²) in [5, 5.41) is 3.14. The highest BCUT2D eigenvalue weighted by atomic mass is 16.2. The average Bonchev–Trinajstić information content (AvgIpc) is 1.99. The Hall–Kier alpha value is -0.570. The monoisotopic (exact) mass is 156 g/mol. The molecule has 0 aliphatic carbocycles. The Morgan fingerprint density at radius 1 is 1.64 bits per heavy atom. The van der Waals surface area contributed by atoms with Gasteiger partial charge >= 0.3 is 0 Å². The third-order valence-corrected chi connectivity index (χ3v) is 2.51. The van der Waals surface area contributed by atoms with Gasteiger partial charge in [-0.05, 0) is 20.4 Å². The van der Waals surface area contributed by atoms with Crippen molar-refractivity contribution in [2.45, 2.75) is 31.8 Å². The first-order valence-corrected chi connectivity index (χ1v) is 4.08. The van der Waals surface area contributed by atoms with Crippen molar-refractivity contribution in [2.75, 3.05) is 14.1 Å². The molecule has 2 unspecified atom stereocenters. The molecular formula is C8H16N2O. The molecule has 1 heterocycles. The fourth-order valence-electron chi connectivity index (χ4n) is 1.47. The molecular weight excluding hydrogens is 140 g/mol. The van der Waals surface area contributed by atoms with Crippen LogP contribution in [0.15, 0.2) is 0 Å². The minimum atomic E-state index is 0.253. The smallest absolute Gasteiger partial charge is 0.224 e. The average molecular weight is 156 g/mol. The van der Waals surface area contributed by atoms with Crippen molar-refractivity contribution in [3.8, 4) is 0 Å². The predicted octanol–water partition coefficient (Wildman–Crippen LogP) is 0.215. The van der Waals surface area contributed by atoms with E-state index in [0.717, 1.165) is 6.42 Å². The maximum absolute atomic E-state index is 11.3. The third-order valence-electron chi connectivity index (χ3n) is 2.51. The zero-order chi connectivity index (χ0) is 8.43. The zero-order valence-corrected chi connectivity index (χ0v) is 7.42. The molecule has 1 N–H and O–H groups in total. The molecule has 1 aliphatic rings. The Labute approximate surface area is 67.8 Å². The van der Waals surface area contributed by atoms with Gasteiger partial charge in [-0.15, -0.1) is 0 Å². The molecule has 1 rings (SSSR count). The van der Waals surface area contributed by atoms with Gasteiger partial charge in [0.25, 0.3) is 0 Å². The van der Waals surface area contributed by atoms with Gasteiger partial charge in [0.2, 0.25) is 5.91 Å². The minimum Gasteiger partial charge on any atom is -0.343 e. The van der Waals surface area contributed by atoms with E-state index in [9.17, 15) is 4.79 Å². The van der Waals surface area contributed by atoms with Gasteiger partial charge in [-0.25, -0.2) is 0 Å². The Kier molecular flexibility index (Phi) is 2.49. The fourth-order valence-corrected chi connectivity index (χ4v) is 1.47. The number of piperidine rings is 1. The summed E-state index contributed by atoms with van der Waals surface area (Å²) in [5.74, 6) is 0.253. The van der Waals surface area contributed by atoms with Crippen LogP contribution in [-0.4, -0.2) is 37.0 Å². The standard InChI is InChI=1S/C8H16N2O/c1-6-4-7(9-2)5-8(11)10(6)3/h6-7,9H,4-5H2,1-3H3. The van der Waals surface area contributed by atoms with Crippen LogP contribution in [0.1, 0.15) is 19.8 Å². The summed E-state index contributed by atoms with van der Waals surface area (Å²) in [7, 11) is 3.79. The van der Waals surface area contributed by atoms with Crippen LogP contribution in [0.4, 0.5) is 0 Å². The van der Waals surface area contributed by atoms with E-state index in [4.69, 9.17) is 0 Å². The molecule has 0 spiro atoms. The van der Waals surface area contributed by atoms with Gasteiger partial charge < -0.3 is 10.2 Å². The molecule has 0 saturated carbocycles. The molecule has 11 heavy (non-hydrogen) atoms. The largest absolute Gasteiger partial charge is 0.343 e. The summed E-state index contributed by atoms with van der Waals surface area (Å²) in [5.41, 5.74) is 0. The van der Waals surface area contributed by atoms with E-state index in [2.05, 4.69) is 12.2 Å². The van der Waals surface area contributed by atoms with E-state index in [0.29, 0.717) is 18.5 Å². The first-order chi connectivity index (χ1) is 5.15. The number of carbonyl (C=O) groups is 1. The highest BCUT2D eigenvalue weighted by Gasteiger charge is 2.27. The van der Waals surface area contributed by atoms with Gasteiger partial charge in [-0.3, -0.25) is 4.79 Å². The van der Waals surface area contributed by atoms with Crippen LogP contribution >= 0.6 is 0 Å². The van der Waals surface area contributed by atoms with E-state index in [-0.39, 0.29) is 5.91 Å². The SMILES string of the molecule is CNC1CC(=O)N(C)C(C)C1. The number of rotatable bonds is 1. The number of hydrogen-bond acceptors (Lipinski definition) is 2. The van der Waals surface area contributed by atoms with Crippen LogP contribution in [0.25, 0.3) is 0 Å². The third kappa shape index (κ3) is 1.71. The van der Waals surface area contributed by atoms with E-state index >= 15 is 0 Å². The summed E-state index contributed by atoms with van der Waals surface area (Å²) < 4.78 is 0. The summed E-state index contributed by atoms with van der Waals surface area (Å²) >= 11 is 0. The van der Waals surface area contributed by atoms with Crippen molar-refractivity contribution in [3.63, 3.8) is 0 Å². The van der Waals surface area contributed by atoms with Crippen molar-refractivity contribution >= 4 is 5.91 Å². The number of hydrogen-bond donors (Lipinski definition) is 1. The molecule has 0 aromatic rings. The summed E-state index contributed by atoms with van der Waals surface area (Å²) in [6.07, 6.45) is 1.72. The second-order valence-corrected chi connectivity index (χ2v) is 3.28. The van der Waals surface area contributed by atoms with Crippen molar-refractivity contribution in [2.24, 2.45) is 0 Å². The molecule has 0 aromatic heterocycles. The van der Waals surface area contributed by atoms with Crippen molar-refractivity contribution in [3.05, 3.63) is 0 Å². The fraction of sp³-hybridized carbons (Fsp3) is 0.875. The lowest BCUT2D eigenvalue weighted by atomic mass is 9.99. The van der Waals surface area contributed by atoms with Gasteiger partial charge in [0.05, 0.1) is 0 Å². The summed E-state index contributed by atoms with van der Waals surface area (Å²) in [6.45, 7) is 2.08. The van der Waals surface area contributed by atoms with E-state index in [1.54, 1.807) is 0 Å². The van der Waals surface area contributed by atoms with E-state index < -0.39 is 0 Å². The molecule has 0 radical (unpaired) electrons. The lowest BCUT2D eigenvalue weighted by molar-refractivity contribution is -0.135. The summed E-state index contributed by atoms with van der Waals surface area (Å²) in [4.78, 5) is 13.1. The number of nitrogens with zero attached hydrogens (tertiary/aromatic N) is 1. The molecule has 0 bridgehead atoms. The lowest BCUT2D eigenvalue weighted by Crippen LogP contribution is -2.47. The molecule has 1 amide bonds. The highest BCUT2D eigenvalue weighted by Crippen LogP contribution is 2.15. The topological polar surface area (TPSA) is 32.3 Å².